The smallest absolute Gasteiger partial charge is 0.410 e. The van der Waals surface area contributed by atoms with Crippen LogP contribution < -0.4 is 4.90 Å². The molecule has 0 saturated carbocycles. The number of likely N-dealkylation sites (tertiary alicyclic amines) is 1. The summed E-state index contributed by atoms with van der Waals surface area (Å²) in [5, 5.41) is 9.89. The molecule has 7 rings (SSSR count). The van der Waals surface area contributed by atoms with E-state index in [2.05, 4.69) is 52.5 Å². The highest BCUT2D eigenvalue weighted by Gasteiger charge is 2.30. The number of ether oxygens (including phenoxy) is 2. The Bertz CT molecular complexity index is 1870. The molecule has 2 aliphatic rings. The van der Waals surface area contributed by atoms with Crippen molar-refractivity contribution >= 4 is 22.8 Å². The molecule has 0 bridgehead atoms. The maximum atomic E-state index is 12.6. The van der Waals surface area contributed by atoms with Gasteiger partial charge in [-0.2, -0.15) is 5.10 Å². The first-order valence-electron chi connectivity index (χ1n) is 16.3. The Morgan fingerprint density at radius 1 is 0.979 bits per heavy atom. The van der Waals surface area contributed by atoms with E-state index in [-0.39, 0.29) is 18.2 Å². The summed E-state index contributed by atoms with van der Waals surface area (Å²) in [5.41, 5.74) is 5.21. The molecule has 11 heteroatoms. The predicted molar refractivity (Wildman–Crippen MR) is 179 cm³/mol. The number of aryl methyl sites for hydroxylation is 2. The van der Waals surface area contributed by atoms with Crippen LogP contribution in [0.3, 0.4) is 0 Å². The fraction of sp³-hybridized carbons (Fsp3) is 0.417. The van der Waals surface area contributed by atoms with Crippen LogP contribution in [0, 0.1) is 13.8 Å². The molecule has 0 spiro atoms. The number of carbonyl (C=O) groups excluding carboxylic acids is 1. The standard InChI is InChI=1S/C36H41N7O4/c1-23-32(24(2)47-40-23)26-11-12-30-29(19-26)34(42-17-18-45-22-31(42)25-9-7-6-8-10-25)39-33(38-30)27-20-37-43(21-27)28-13-15-41(16-14-28)35(44)46-36(3,4)5/h6-12,19-21,28,31H,13-18,22H2,1-5H3/t31-/m1/s1. The third-order valence-electron chi connectivity index (χ3n) is 8.93. The Balaban J connectivity index is 1.24. The van der Waals surface area contributed by atoms with Gasteiger partial charge in [-0.05, 0) is 70.7 Å². The number of morpholine rings is 1. The second kappa shape index (κ2) is 12.4. The first-order chi connectivity index (χ1) is 22.6. The number of hydrogen-bond acceptors (Lipinski definition) is 9. The zero-order valence-electron chi connectivity index (χ0n) is 27.6. The SMILES string of the molecule is Cc1noc(C)c1-c1ccc2nc(-c3cnn(C4CCN(C(=O)OC(C)(C)C)CC4)c3)nc(N3CCOC[C@@H]3c3ccccc3)c2c1. The van der Waals surface area contributed by atoms with Gasteiger partial charge in [0, 0.05) is 36.8 Å². The lowest BCUT2D eigenvalue weighted by molar-refractivity contribution is 0.0184. The lowest BCUT2D eigenvalue weighted by atomic mass is 10.0. The number of fused-ring (bicyclic) bond motifs is 1. The largest absolute Gasteiger partial charge is 0.444 e. The van der Waals surface area contributed by atoms with Crippen LogP contribution in [0.25, 0.3) is 33.4 Å². The minimum atomic E-state index is -0.512. The van der Waals surface area contributed by atoms with E-state index in [9.17, 15) is 4.79 Å². The molecular weight excluding hydrogens is 594 g/mol. The minimum Gasteiger partial charge on any atom is -0.444 e. The number of amides is 1. The van der Waals surface area contributed by atoms with E-state index in [1.54, 1.807) is 4.90 Å². The predicted octanol–water partition coefficient (Wildman–Crippen LogP) is 6.92. The van der Waals surface area contributed by atoms with E-state index in [0.29, 0.717) is 38.7 Å². The molecule has 0 aliphatic carbocycles. The number of carbonyl (C=O) groups is 1. The molecule has 11 nitrogen and oxygen atoms in total. The van der Waals surface area contributed by atoms with E-state index in [1.807, 2.05) is 57.8 Å². The van der Waals surface area contributed by atoms with Crippen molar-refractivity contribution in [3.8, 4) is 22.5 Å². The van der Waals surface area contributed by atoms with Gasteiger partial charge in [-0.25, -0.2) is 14.8 Å². The van der Waals surface area contributed by atoms with Crippen LogP contribution in [0.5, 0.6) is 0 Å². The van der Waals surface area contributed by atoms with Gasteiger partial charge >= 0.3 is 6.09 Å². The lowest BCUT2D eigenvalue weighted by Crippen LogP contribution is -2.42. The molecule has 5 heterocycles. The molecule has 2 aromatic carbocycles. The Morgan fingerprint density at radius 2 is 1.77 bits per heavy atom. The fourth-order valence-corrected chi connectivity index (χ4v) is 6.61. The summed E-state index contributed by atoms with van der Waals surface area (Å²) in [4.78, 5) is 27.1. The van der Waals surface area contributed by atoms with Crippen molar-refractivity contribution in [2.45, 2.75) is 65.1 Å². The van der Waals surface area contributed by atoms with E-state index in [1.165, 1.54) is 5.56 Å². The summed E-state index contributed by atoms with van der Waals surface area (Å²) in [6.45, 7) is 12.7. The normalized spacial score (nSPS) is 17.8. The van der Waals surface area contributed by atoms with Gasteiger partial charge in [-0.1, -0.05) is 41.6 Å². The van der Waals surface area contributed by atoms with Gasteiger partial charge in [-0.15, -0.1) is 0 Å². The average Bonchev–Trinajstić information content (AvgIpc) is 3.70. The lowest BCUT2D eigenvalue weighted by Gasteiger charge is -2.37. The third kappa shape index (κ3) is 6.32. The van der Waals surface area contributed by atoms with Crippen LogP contribution in [-0.4, -0.2) is 74.3 Å². The fourth-order valence-electron chi connectivity index (χ4n) is 6.61. The number of nitrogens with zero attached hydrogens (tertiary/aromatic N) is 7. The summed E-state index contributed by atoms with van der Waals surface area (Å²) in [6, 6.07) is 16.9. The summed E-state index contributed by atoms with van der Waals surface area (Å²) in [7, 11) is 0. The second-order valence-electron chi connectivity index (χ2n) is 13.4. The maximum Gasteiger partial charge on any atom is 0.410 e. The average molecular weight is 636 g/mol. The van der Waals surface area contributed by atoms with Crippen molar-refractivity contribution in [1.82, 2.24) is 29.8 Å². The van der Waals surface area contributed by atoms with Crippen LogP contribution in [0.4, 0.5) is 10.6 Å². The van der Waals surface area contributed by atoms with Crippen LogP contribution >= 0.6 is 0 Å². The minimum absolute atomic E-state index is 0.00324. The van der Waals surface area contributed by atoms with Crippen molar-refractivity contribution in [3.05, 3.63) is 77.9 Å². The first kappa shape index (κ1) is 30.9. The highest BCUT2D eigenvalue weighted by atomic mass is 16.6. The van der Waals surface area contributed by atoms with Gasteiger partial charge in [0.2, 0.25) is 0 Å². The van der Waals surface area contributed by atoms with Crippen LogP contribution in [0.15, 0.2) is 65.4 Å². The van der Waals surface area contributed by atoms with Gasteiger partial charge in [0.05, 0.1) is 48.3 Å². The molecule has 2 fully saturated rings. The zero-order chi connectivity index (χ0) is 32.7. The van der Waals surface area contributed by atoms with Crippen molar-refractivity contribution in [3.63, 3.8) is 0 Å². The number of piperidine rings is 1. The molecule has 5 aromatic rings. The molecule has 3 aromatic heterocycles. The van der Waals surface area contributed by atoms with Gasteiger partial charge in [0.25, 0.3) is 0 Å². The van der Waals surface area contributed by atoms with Crippen molar-refractivity contribution < 1.29 is 18.8 Å². The highest BCUT2D eigenvalue weighted by molar-refractivity contribution is 5.95. The molecule has 244 valence electrons. The van der Waals surface area contributed by atoms with Crippen LogP contribution in [0.1, 0.15) is 62.7 Å². The van der Waals surface area contributed by atoms with E-state index in [0.717, 1.165) is 57.7 Å². The highest BCUT2D eigenvalue weighted by Crippen LogP contribution is 2.38. The molecule has 0 radical (unpaired) electrons. The Hall–Kier alpha value is -4.77. The third-order valence-corrected chi connectivity index (χ3v) is 8.93. The molecule has 2 saturated heterocycles. The molecular formula is C36H41N7O4. The summed E-state index contributed by atoms with van der Waals surface area (Å²) in [5.74, 6) is 2.25. The summed E-state index contributed by atoms with van der Waals surface area (Å²) >= 11 is 0. The Morgan fingerprint density at radius 3 is 2.49 bits per heavy atom. The van der Waals surface area contributed by atoms with E-state index >= 15 is 0 Å². The summed E-state index contributed by atoms with van der Waals surface area (Å²) < 4.78 is 19.1. The van der Waals surface area contributed by atoms with Crippen LogP contribution in [0.2, 0.25) is 0 Å². The topological polar surface area (TPSA) is 112 Å². The zero-order valence-corrected chi connectivity index (χ0v) is 27.6. The second-order valence-corrected chi connectivity index (χ2v) is 13.4. The Kier molecular flexibility index (Phi) is 8.17. The van der Waals surface area contributed by atoms with Crippen molar-refractivity contribution in [2.24, 2.45) is 0 Å². The molecule has 1 atom stereocenters. The number of anilines is 1. The van der Waals surface area contributed by atoms with Gasteiger partial charge in [-0.3, -0.25) is 4.68 Å². The molecule has 47 heavy (non-hydrogen) atoms. The van der Waals surface area contributed by atoms with Crippen molar-refractivity contribution in [2.75, 3.05) is 37.7 Å². The number of aromatic nitrogens is 5. The maximum absolute atomic E-state index is 12.6. The number of hydrogen-bond donors (Lipinski definition) is 0. The summed E-state index contributed by atoms with van der Waals surface area (Å²) in [6.07, 6.45) is 5.20. The quantitative estimate of drug-likeness (QED) is 0.203. The molecule has 1 amide bonds. The number of rotatable bonds is 5. The molecule has 2 aliphatic heterocycles. The van der Waals surface area contributed by atoms with Gasteiger partial charge < -0.3 is 23.8 Å². The monoisotopic (exact) mass is 635 g/mol. The molecule has 0 unspecified atom stereocenters. The van der Waals surface area contributed by atoms with E-state index < -0.39 is 5.60 Å². The first-order valence-corrected chi connectivity index (χ1v) is 16.3. The van der Waals surface area contributed by atoms with E-state index in [4.69, 9.17) is 29.1 Å². The Labute approximate surface area is 274 Å². The van der Waals surface area contributed by atoms with Crippen molar-refractivity contribution in [1.29, 1.82) is 0 Å². The molecule has 0 N–H and O–H groups in total. The van der Waals surface area contributed by atoms with Gasteiger partial charge in [0.1, 0.15) is 17.2 Å². The number of benzene rings is 2. The van der Waals surface area contributed by atoms with Crippen LogP contribution in [-0.2, 0) is 9.47 Å². The van der Waals surface area contributed by atoms with Gasteiger partial charge in [0.15, 0.2) is 5.82 Å².